The fourth-order valence-corrected chi connectivity index (χ4v) is 4.77. The first-order valence-electron chi connectivity index (χ1n) is 8.91. The Kier molecular flexibility index (Phi) is 11.7. The number of hydrogen-bond donors (Lipinski definition) is 0. The van der Waals surface area contributed by atoms with Crippen molar-refractivity contribution in [3.05, 3.63) is 77.9 Å². The molecule has 0 N–H and O–H groups in total. The Bertz CT molecular complexity index is 1080. The maximum atomic E-state index is 6.26. The van der Waals surface area contributed by atoms with Crippen LogP contribution >= 0.6 is 89.8 Å². The molecule has 0 spiro atoms. The van der Waals surface area contributed by atoms with Gasteiger partial charge in [0.1, 0.15) is 11.4 Å². The van der Waals surface area contributed by atoms with Crippen molar-refractivity contribution in [2.45, 2.75) is 13.8 Å². The molecule has 0 fully saturated rings. The molecule has 0 amide bonds. The molecule has 0 unspecified atom stereocenters. The quantitative estimate of drug-likeness (QED) is 0.199. The Balaban J connectivity index is 0.00000122. The van der Waals surface area contributed by atoms with Crippen molar-refractivity contribution in [2.24, 2.45) is 17.0 Å². The van der Waals surface area contributed by atoms with Gasteiger partial charge in [-0.2, -0.15) is 0 Å². The first-order valence-corrected chi connectivity index (χ1v) is 14.2. The summed E-state index contributed by atoms with van der Waals surface area (Å²) in [5, 5.41) is 2.43. The molecule has 0 aliphatic carbocycles. The van der Waals surface area contributed by atoms with Gasteiger partial charge in [0.05, 0.1) is 42.9 Å². The van der Waals surface area contributed by atoms with E-state index in [0.29, 0.717) is 41.5 Å². The fraction of sp³-hybridized carbons (Fsp3) is 0.143. The number of nitrogens with zero attached hydrogens (tertiary/aromatic N) is 3. The maximum absolute atomic E-state index is 6.26. The van der Waals surface area contributed by atoms with Crippen molar-refractivity contribution >= 4 is 113 Å². The third-order valence-corrected chi connectivity index (χ3v) is 5.97. The molecule has 3 rings (SSSR count). The summed E-state index contributed by atoms with van der Waals surface area (Å²) in [6.07, 6.45) is 0. The molecular formula is C21H15Cl8FeN3. The molecule has 2 aromatic carbocycles. The Labute approximate surface area is 237 Å². The van der Waals surface area contributed by atoms with E-state index in [1.54, 1.807) is 24.3 Å². The van der Waals surface area contributed by atoms with E-state index in [9.17, 15) is 0 Å². The third-order valence-electron chi connectivity index (χ3n) is 4.39. The van der Waals surface area contributed by atoms with Crippen LogP contribution in [0.15, 0.2) is 46.4 Å². The molecule has 3 nitrogen and oxygen atoms in total. The zero-order chi connectivity index (χ0) is 24.9. The van der Waals surface area contributed by atoms with Crippen molar-refractivity contribution in [1.82, 2.24) is 4.57 Å². The van der Waals surface area contributed by atoms with Crippen LogP contribution in [0.4, 0.5) is 11.4 Å². The number of rotatable bonds is 4. The number of halogens is 8. The zero-order valence-electron chi connectivity index (χ0n) is 17.2. The molecule has 0 saturated heterocycles. The zero-order valence-corrected chi connectivity index (χ0v) is 24.3. The van der Waals surface area contributed by atoms with Gasteiger partial charge in [0, 0.05) is 17.1 Å². The van der Waals surface area contributed by atoms with Crippen molar-refractivity contribution in [2.75, 3.05) is 0 Å². The van der Waals surface area contributed by atoms with Crippen LogP contribution in [0.1, 0.15) is 25.2 Å². The molecule has 3 aromatic rings. The van der Waals surface area contributed by atoms with E-state index in [-0.39, 0.29) is 13.1 Å². The summed E-state index contributed by atoms with van der Waals surface area (Å²) < 4.78 is 1.97. The summed E-state index contributed by atoms with van der Waals surface area (Å²) in [4.78, 5) is 9.20. The van der Waals surface area contributed by atoms with Crippen LogP contribution in [0, 0.1) is 0 Å². The predicted octanol–water partition coefficient (Wildman–Crippen LogP) is 10.6. The molecular weight excluding hydrogens is 634 g/mol. The average molecular weight is 649 g/mol. The minimum atomic E-state index is 0.194. The second-order valence-electron chi connectivity index (χ2n) is 6.54. The summed E-state index contributed by atoms with van der Waals surface area (Å²) >= 11 is 37.2. The van der Waals surface area contributed by atoms with Crippen LogP contribution in [0.5, 0.6) is 0 Å². The molecule has 1 heterocycles. The Morgan fingerprint density at radius 1 is 0.667 bits per heavy atom. The molecule has 0 bridgehead atoms. The fourth-order valence-electron chi connectivity index (χ4n) is 2.97. The summed E-state index contributed by atoms with van der Waals surface area (Å²) in [5.74, 6) is 0. The number of hydrogen-bond acceptors (Lipinski definition) is 2. The Morgan fingerprint density at radius 2 is 0.939 bits per heavy atom. The monoisotopic (exact) mass is 645 g/mol. The van der Waals surface area contributed by atoms with Gasteiger partial charge in [-0.15, -0.1) is 0 Å². The van der Waals surface area contributed by atoms with Gasteiger partial charge in [0.25, 0.3) is 0 Å². The van der Waals surface area contributed by atoms with Gasteiger partial charge in [-0.3, -0.25) is 0 Å². The van der Waals surface area contributed by atoms with E-state index in [0.717, 1.165) is 22.8 Å². The number of aliphatic imine (C=N–C) groups is 2. The van der Waals surface area contributed by atoms with Crippen LogP contribution in [0.3, 0.4) is 0 Å². The molecule has 0 saturated carbocycles. The van der Waals surface area contributed by atoms with Crippen LogP contribution in [-0.4, -0.2) is 16.0 Å². The van der Waals surface area contributed by atoms with Gasteiger partial charge in [-0.05, 0) is 50.2 Å². The Morgan fingerprint density at radius 3 is 1.21 bits per heavy atom. The van der Waals surface area contributed by atoms with Gasteiger partial charge in [-0.1, -0.05) is 69.6 Å². The second kappa shape index (κ2) is 13.3. The number of benzene rings is 2. The van der Waals surface area contributed by atoms with Crippen LogP contribution in [-0.2, 0) is 20.2 Å². The minimum absolute atomic E-state index is 0.194. The summed E-state index contributed by atoms with van der Waals surface area (Å²) in [7, 11) is 11.4. The standard InChI is InChI=1S/C21H15Cl6N3.2ClH.Fe/c1-10(28-20-14(24)6-12(22)7-15(20)25)18-4-5-19(30(18)3)11(2)29-21-16(26)8-13(23)9-17(21)27;;;/h4-9H,1-3H3;2*1H;/q;;;+2/p-2. The van der Waals surface area contributed by atoms with Gasteiger partial charge < -0.3 is 4.57 Å². The Hall–Kier alpha value is -0.101. The summed E-state index contributed by atoms with van der Waals surface area (Å²) in [6.45, 7) is 3.75. The van der Waals surface area contributed by atoms with E-state index < -0.39 is 0 Å². The van der Waals surface area contributed by atoms with E-state index in [1.807, 2.05) is 37.6 Å². The predicted molar refractivity (Wildman–Crippen MR) is 144 cm³/mol. The van der Waals surface area contributed by atoms with Crippen LogP contribution < -0.4 is 0 Å². The van der Waals surface area contributed by atoms with Crippen molar-refractivity contribution in [3.63, 3.8) is 0 Å². The summed E-state index contributed by atoms with van der Waals surface area (Å²) in [6, 6.07) is 10.3. The molecule has 12 heteroatoms. The molecule has 0 aliphatic rings. The first-order chi connectivity index (χ1) is 15.5. The molecule has 1 aromatic heterocycles. The van der Waals surface area contributed by atoms with E-state index in [1.165, 1.54) is 0 Å². The van der Waals surface area contributed by atoms with Gasteiger partial charge in [-0.25, -0.2) is 9.98 Å². The number of aromatic nitrogens is 1. The second-order valence-corrected chi connectivity index (χ2v) is 10.9. The van der Waals surface area contributed by atoms with Gasteiger partial charge in [0.2, 0.25) is 0 Å². The van der Waals surface area contributed by atoms with Gasteiger partial charge in [0.15, 0.2) is 0 Å². The molecule has 0 radical (unpaired) electrons. The normalized spacial score (nSPS) is 12.1. The van der Waals surface area contributed by atoms with E-state index in [4.69, 9.17) is 89.8 Å². The average Bonchev–Trinajstić information content (AvgIpc) is 3.09. The molecule has 33 heavy (non-hydrogen) atoms. The van der Waals surface area contributed by atoms with E-state index in [2.05, 4.69) is 9.98 Å². The van der Waals surface area contributed by atoms with Gasteiger partial charge >= 0.3 is 33.3 Å². The van der Waals surface area contributed by atoms with Crippen LogP contribution in [0.2, 0.25) is 30.1 Å². The van der Waals surface area contributed by atoms with Crippen molar-refractivity contribution in [3.8, 4) is 0 Å². The first kappa shape index (κ1) is 29.1. The van der Waals surface area contributed by atoms with E-state index >= 15 is 0 Å². The van der Waals surface area contributed by atoms with Crippen molar-refractivity contribution < 1.29 is 13.1 Å². The third kappa shape index (κ3) is 7.69. The van der Waals surface area contributed by atoms with Crippen LogP contribution in [0.25, 0.3) is 0 Å². The summed E-state index contributed by atoms with van der Waals surface area (Å²) in [5.41, 5.74) is 4.13. The molecule has 178 valence electrons. The molecule has 0 aliphatic heterocycles. The topological polar surface area (TPSA) is 29.6 Å². The van der Waals surface area contributed by atoms with Crippen molar-refractivity contribution in [1.29, 1.82) is 0 Å². The molecule has 0 atom stereocenters. The SMILES string of the molecule is CC(=Nc1c(Cl)cc(Cl)cc1Cl)c1ccc(C(C)=Nc2c(Cl)cc(Cl)cc2Cl)n1C.[Cl][Fe][Cl].